The summed E-state index contributed by atoms with van der Waals surface area (Å²) in [5.41, 5.74) is 9.63. The van der Waals surface area contributed by atoms with E-state index in [1.54, 1.807) is 41.5 Å². The summed E-state index contributed by atoms with van der Waals surface area (Å²) in [7, 11) is 0. The molecule has 26 heavy (non-hydrogen) atoms. The normalized spacial score (nSPS) is 13.7. The second-order valence-corrected chi connectivity index (χ2v) is 7.67. The number of nitrogens with zero attached hydrogens (tertiary/aromatic N) is 2. The average Bonchev–Trinajstić information content (AvgIpc) is 2.38. The number of amides is 2. The van der Waals surface area contributed by atoms with Crippen LogP contribution in [0.5, 0.6) is 0 Å². The molecule has 0 aromatic heterocycles. The predicted octanol–water partition coefficient (Wildman–Crippen LogP) is 1.67. The summed E-state index contributed by atoms with van der Waals surface area (Å²) in [6, 6.07) is -1.07. The number of carbonyl (C=O) groups is 3. The van der Waals surface area contributed by atoms with Gasteiger partial charge in [-0.15, -0.1) is 4.99 Å². The number of hydrogen-bond acceptors (Lipinski definition) is 6. The number of rotatable bonds is 5. The molecule has 1 atom stereocenters. The standard InChI is InChI=1S/C16H30N4O6/c1-15(2,3)25-13(23)19-12(18)20(14(24)26-16(4,5)6)9-7-8-10(17)11(21)22/h10H,7-9,17H2,1-6H3,(H,21,22)(H2,18,19,23)/t10-/m0/s1. The number of carboxylic acids is 1. The molecule has 0 spiro atoms. The first-order valence-electron chi connectivity index (χ1n) is 8.18. The maximum Gasteiger partial charge on any atom is 0.437 e. The highest BCUT2D eigenvalue weighted by Gasteiger charge is 2.26. The third kappa shape index (κ3) is 10.5. The van der Waals surface area contributed by atoms with Crippen LogP contribution in [-0.4, -0.2) is 57.9 Å². The van der Waals surface area contributed by atoms with Crippen molar-refractivity contribution >= 4 is 24.1 Å². The zero-order valence-electron chi connectivity index (χ0n) is 16.2. The number of ether oxygens (including phenoxy) is 2. The van der Waals surface area contributed by atoms with E-state index < -0.39 is 41.4 Å². The van der Waals surface area contributed by atoms with Crippen LogP contribution in [0.4, 0.5) is 9.59 Å². The molecule has 0 saturated carbocycles. The Morgan fingerprint density at radius 3 is 2.00 bits per heavy atom. The van der Waals surface area contributed by atoms with Crippen molar-refractivity contribution in [1.29, 1.82) is 0 Å². The van der Waals surface area contributed by atoms with Crippen LogP contribution in [0.15, 0.2) is 4.99 Å². The first kappa shape index (κ1) is 23.6. The van der Waals surface area contributed by atoms with Crippen molar-refractivity contribution in [3.05, 3.63) is 0 Å². The fourth-order valence-corrected chi connectivity index (χ4v) is 1.65. The van der Waals surface area contributed by atoms with Gasteiger partial charge in [-0.1, -0.05) is 0 Å². The maximum absolute atomic E-state index is 12.3. The lowest BCUT2D eigenvalue weighted by Gasteiger charge is -2.27. The van der Waals surface area contributed by atoms with Gasteiger partial charge in [-0.25, -0.2) is 14.5 Å². The Labute approximate surface area is 153 Å². The lowest BCUT2D eigenvalue weighted by molar-refractivity contribution is -0.138. The van der Waals surface area contributed by atoms with E-state index in [-0.39, 0.29) is 19.4 Å². The van der Waals surface area contributed by atoms with Crippen LogP contribution < -0.4 is 11.5 Å². The molecule has 0 fully saturated rings. The van der Waals surface area contributed by atoms with Gasteiger partial charge in [0.15, 0.2) is 0 Å². The molecule has 0 radical (unpaired) electrons. The largest absolute Gasteiger partial charge is 0.480 e. The first-order valence-corrected chi connectivity index (χ1v) is 8.18. The summed E-state index contributed by atoms with van der Waals surface area (Å²) in [4.78, 5) is 39.4. The van der Waals surface area contributed by atoms with E-state index in [0.29, 0.717) is 0 Å². The highest BCUT2D eigenvalue weighted by molar-refractivity contribution is 5.98. The molecule has 0 unspecified atom stereocenters. The minimum Gasteiger partial charge on any atom is -0.480 e. The Morgan fingerprint density at radius 1 is 1.08 bits per heavy atom. The molecule has 10 heteroatoms. The topological polar surface area (TPSA) is 158 Å². The zero-order chi connectivity index (χ0) is 20.7. The molecule has 10 nitrogen and oxygen atoms in total. The van der Waals surface area contributed by atoms with Crippen LogP contribution in [0, 0.1) is 0 Å². The van der Waals surface area contributed by atoms with Crippen molar-refractivity contribution in [3.63, 3.8) is 0 Å². The van der Waals surface area contributed by atoms with Crippen LogP contribution in [-0.2, 0) is 14.3 Å². The molecular weight excluding hydrogens is 344 g/mol. The molecule has 0 aromatic carbocycles. The quantitative estimate of drug-likeness (QED) is 0.484. The highest BCUT2D eigenvalue weighted by atomic mass is 16.6. The summed E-state index contributed by atoms with van der Waals surface area (Å²) < 4.78 is 10.3. The van der Waals surface area contributed by atoms with E-state index >= 15 is 0 Å². The third-order valence-electron chi connectivity index (χ3n) is 2.70. The van der Waals surface area contributed by atoms with Gasteiger partial charge in [-0.05, 0) is 54.4 Å². The molecule has 0 aliphatic heterocycles. The van der Waals surface area contributed by atoms with E-state index in [4.69, 9.17) is 26.0 Å². The van der Waals surface area contributed by atoms with Crippen molar-refractivity contribution in [1.82, 2.24) is 4.90 Å². The van der Waals surface area contributed by atoms with Crippen LogP contribution in [0.25, 0.3) is 0 Å². The SMILES string of the molecule is CC(C)(C)OC(=O)N=C(N)N(CCC[C@H](N)C(=O)O)C(=O)OC(C)(C)C. The molecule has 0 aromatic rings. The maximum atomic E-state index is 12.3. The van der Waals surface area contributed by atoms with Crippen LogP contribution in [0.1, 0.15) is 54.4 Å². The van der Waals surface area contributed by atoms with Crippen LogP contribution in [0.3, 0.4) is 0 Å². The van der Waals surface area contributed by atoms with Gasteiger partial charge in [0.25, 0.3) is 0 Å². The van der Waals surface area contributed by atoms with E-state index in [2.05, 4.69) is 4.99 Å². The lowest BCUT2D eigenvalue weighted by atomic mass is 10.1. The number of hydrogen-bond donors (Lipinski definition) is 3. The minimum atomic E-state index is -1.15. The van der Waals surface area contributed by atoms with Gasteiger partial charge in [0.2, 0.25) is 5.96 Å². The van der Waals surface area contributed by atoms with E-state index in [9.17, 15) is 14.4 Å². The van der Waals surface area contributed by atoms with E-state index in [1.165, 1.54) is 0 Å². The van der Waals surface area contributed by atoms with Crippen LogP contribution >= 0.6 is 0 Å². The fourth-order valence-electron chi connectivity index (χ4n) is 1.65. The Balaban J connectivity index is 5.20. The van der Waals surface area contributed by atoms with Gasteiger partial charge in [0, 0.05) is 6.54 Å². The molecule has 0 saturated heterocycles. The molecule has 0 bridgehead atoms. The van der Waals surface area contributed by atoms with Gasteiger partial charge in [-0.3, -0.25) is 4.79 Å². The molecule has 2 amide bonds. The smallest absolute Gasteiger partial charge is 0.437 e. The Hall–Kier alpha value is -2.36. The average molecular weight is 374 g/mol. The fraction of sp³-hybridized carbons (Fsp3) is 0.750. The van der Waals surface area contributed by atoms with Gasteiger partial charge in [-0.2, -0.15) is 0 Å². The highest BCUT2D eigenvalue weighted by Crippen LogP contribution is 2.12. The summed E-state index contributed by atoms with van der Waals surface area (Å²) >= 11 is 0. The number of aliphatic carboxylic acids is 1. The second kappa shape index (κ2) is 9.37. The number of carbonyl (C=O) groups excluding carboxylic acids is 2. The number of nitrogens with two attached hydrogens (primary N) is 2. The number of carboxylic acid groups (broad SMARTS) is 1. The van der Waals surface area contributed by atoms with Crippen molar-refractivity contribution in [3.8, 4) is 0 Å². The Kier molecular flexibility index (Phi) is 8.52. The van der Waals surface area contributed by atoms with E-state index in [0.717, 1.165) is 4.90 Å². The first-order chi connectivity index (χ1) is 11.6. The van der Waals surface area contributed by atoms with Crippen LogP contribution in [0.2, 0.25) is 0 Å². The molecule has 0 aliphatic rings. The molecule has 0 aliphatic carbocycles. The zero-order valence-corrected chi connectivity index (χ0v) is 16.2. The lowest BCUT2D eigenvalue weighted by Crippen LogP contribution is -2.46. The molecule has 5 N–H and O–H groups in total. The Bertz CT molecular complexity index is 548. The van der Waals surface area contributed by atoms with Crippen molar-refractivity contribution in [2.24, 2.45) is 16.5 Å². The van der Waals surface area contributed by atoms with Crippen molar-refractivity contribution in [2.75, 3.05) is 6.54 Å². The minimum absolute atomic E-state index is 0.0198. The molecule has 0 heterocycles. The van der Waals surface area contributed by atoms with Gasteiger partial charge in [0.05, 0.1) is 0 Å². The number of guanidine groups is 1. The Morgan fingerprint density at radius 2 is 1.58 bits per heavy atom. The summed E-state index contributed by atoms with van der Waals surface area (Å²) in [5.74, 6) is -1.55. The van der Waals surface area contributed by atoms with Gasteiger partial charge >= 0.3 is 18.2 Å². The molecule has 150 valence electrons. The third-order valence-corrected chi connectivity index (χ3v) is 2.70. The predicted molar refractivity (Wildman–Crippen MR) is 95.6 cm³/mol. The van der Waals surface area contributed by atoms with Gasteiger partial charge < -0.3 is 26.0 Å². The van der Waals surface area contributed by atoms with E-state index in [1.807, 2.05) is 0 Å². The molecular formula is C16H30N4O6. The monoisotopic (exact) mass is 374 g/mol. The van der Waals surface area contributed by atoms with Gasteiger partial charge in [0.1, 0.15) is 17.2 Å². The summed E-state index contributed by atoms with van der Waals surface area (Å²) in [6.07, 6.45) is -1.44. The number of aliphatic imine (C=N–C) groups is 1. The summed E-state index contributed by atoms with van der Waals surface area (Å²) in [5, 5.41) is 8.81. The van der Waals surface area contributed by atoms with Crippen molar-refractivity contribution in [2.45, 2.75) is 71.6 Å². The second-order valence-electron chi connectivity index (χ2n) is 7.67. The van der Waals surface area contributed by atoms with Crippen molar-refractivity contribution < 1.29 is 29.0 Å². The molecule has 0 rings (SSSR count). The summed E-state index contributed by atoms with van der Waals surface area (Å²) in [6.45, 7) is 9.98.